The first-order chi connectivity index (χ1) is 7.60. The summed E-state index contributed by atoms with van der Waals surface area (Å²) in [7, 11) is 0. The van der Waals surface area contributed by atoms with E-state index in [0.717, 1.165) is 12.5 Å². The maximum atomic E-state index is 5.99. The van der Waals surface area contributed by atoms with Crippen LogP contribution in [-0.4, -0.2) is 6.54 Å². The molecule has 0 bridgehead atoms. The highest BCUT2D eigenvalue weighted by Gasteiger charge is 2.43. The highest BCUT2D eigenvalue weighted by molar-refractivity contribution is 5.33. The van der Waals surface area contributed by atoms with E-state index in [0.29, 0.717) is 5.92 Å². The van der Waals surface area contributed by atoms with Crippen molar-refractivity contribution in [3.63, 3.8) is 0 Å². The summed E-state index contributed by atoms with van der Waals surface area (Å²) < 4.78 is 0. The number of benzene rings is 1. The van der Waals surface area contributed by atoms with Gasteiger partial charge in [0.2, 0.25) is 0 Å². The molecular formula is C15H23N. The van der Waals surface area contributed by atoms with E-state index in [9.17, 15) is 0 Å². The van der Waals surface area contributed by atoms with Gasteiger partial charge < -0.3 is 5.73 Å². The summed E-state index contributed by atoms with van der Waals surface area (Å²) in [6.45, 7) is 7.58. The second kappa shape index (κ2) is 4.21. The Balaban J connectivity index is 2.27. The fourth-order valence-corrected chi connectivity index (χ4v) is 2.83. The molecule has 0 radical (unpaired) electrons. The van der Waals surface area contributed by atoms with Gasteiger partial charge in [-0.3, -0.25) is 0 Å². The van der Waals surface area contributed by atoms with E-state index < -0.39 is 0 Å². The van der Waals surface area contributed by atoms with Crippen molar-refractivity contribution in [1.29, 1.82) is 0 Å². The van der Waals surface area contributed by atoms with Gasteiger partial charge in [-0.25, -0.2) is 0 Å². The summed E-state index contributed by atoms with van der Waals surface area (Å²) in [6, 6.07) is 9.11. The van der Waals surface area contributed by atoms with Crippen LogP contribution in [0.4, 0.5) is 0 Å². The molecule has 0 aromatic heterocycles. The summed E-state index contributed by atoms with van der Waals surface area (Å²) in [5.74, 6) is 1.35. The van der Waals surface area contributed by atoms with Crippen molar-refractivity contribution in [3.8, 4) is 0 Å². The van der Waals surface area contributed by atoms with E-state index in [-0.39, 0.29) is 5.41 Å². The third kappa shape index (κ3) is 1.67. The Morgan fingerprint density at radius 1 is 1.31 bits per heavy atom. The van der Waals surface area contributed by atoms with Gasteiger partial charge in [-0.1, -0.05) is 45.0 Å². The molecule has 0 heterocycles. The van der Waals surface area contributed by atoms with Crippen LogP contribution in [0.1, 0.15) is 50.7 Å². The molecular weight excluding hydrogens is 194 g/mol. The highest BCUT2D eigenvalue weighted by atomic mass is 14.6. The van der Waals surface area contributed by atoms with Crippen LogP contribution in [0.15, 0.2) is 24.3 Å². The minimum absolute atomic E-state index is 0.273. The van der Waals surface area contributed by atoms with Gasteiger partial charge in [0.15, 0.2) is 0 Å². The van der Waals surface area contributed by atoms with Crippen LogP contribution in [0, 0.1) is 5.92 Å². The molecule has 2 unspecified atom stereocenters. The largest absolute Gasteiger partial charge is 0.330 e. The second-order valence-electron chi connectivity index (χ2n) is 5.58. The maximum Gasteiger partial charge on any atom is 0.0101 e. The normalized spacial score (nSPS) is 29.2. The van der Waals surface area contributed by atoms with Gasteiger partial charge in [0, 0.05) is 12.0 Å². The molecule has 1 aliphatic rings. The zero-order valence-corrected chi connectivity index (χ0v) is 10.7. The monoisotopic (exact) mass is 217 g/mol. The lowest BCUT2D eigenvalue weighted by Crippen LogP contribution is -2.48. The lowest BCUT2D eigenvalue weighted by atomic mass is 9.57. The van der Waals surface area contributed by atoms with Crippen LogP contribution in [0.2, 0.25) is 0 Å². The molecule has 0 spiro atoms. The summed E-state index contributed by atoms with van der Waals surface area (Å²) in [6.07, 6.45) is 2.58. The molecule has 0 amide bonds. The van der Waals surface area contributed by atoms with E-state index >= 15 is 0 Å². The fraction of sp³-hybridized carbons (Fsp3) is 0.600. The Morgan fingerprint density at radius 3 is 2.25 bits per heavy atom. The molecule has 2 atom stereocenters. The van der Waals surface area contributed by atoms with Crippen LogP contribution >= 0.6 is 0 Å². The number of hydrogen-bond acceptors (Lipinski definition) is 1. The Hall–Kier alpha value is -0.820. The lowest BCUT2D eigenvalue weighted by molar-refractivity contribution is 0.146. The third-order valence-corrected chi connectivity index (χ3v) is 4.48. The minimum Gasteiger partial charge on any atom is -0.330 e. The van der Waals surface area contributed by atoms with Crippen LogP contribution < -0.4 is 5.73 Å². The van der Waals surface area contributed by atoms with Crippen molar-refractivity contribution in [3.05, 3.63) is 35.4 Å². The molecule has 1 nitrogen and oxygen atoms in total. The summed E-state index contributed by atoms with van der Waals surface area (Å²) in [4.78, 5) is 0. The minimum atomic E-state index is 0.273. The fourth-order valence-electron chi connectivity index (χ4n) is 2.83. The van der Waals surface area contributed by atoms with Crippen molar-refractivity contribution in [2.75, 3.05) is 6.54 Å². The summed E-state index contributed by atoms with van der Waals surface area (Å²) in [5.41, 5.74) is 9.12. The molecule has 88 valence electrons. The van der Waals surface area contributed by atoms with E-state index in [1.165, 1.54) is 24.0 Å². The number of hydrogen-bond donors (Lipinski definition) is 1. The quantitative estimate of drug-likeness (QED) is 0.824. The molecule has 0 aliphatic heterocycles. The van der Waals surface area contributed by atoms with Gasteiger partial charge >= 0.3 is 0 Å². The predicted molar refractivity (Wildman–Crippen MR) is 69.7 cm³/mol. The number of rotatable bonds is 3. The smallest absolute Gasteiger partial charge is 0.0101 e. The average Bonchev–Trinajstić information content (AvgIpc) is 2.29. The zero-order chi connectivity index (χ0) is 11.8. The summed E-state index contributed by atoms with van der Waals surface area (Å²) >= 11 is 0. The van der Waals surface area contributed by atoms with Crippen LogP contribution in [0.25, 0.3) is 0 Å². The van der Waals surface area contributed by atoms with Gasteiger partial charge in [0.1, 0.15) is 0 Å². The first-order valence-electron chi connectivity index (χ1n) is 6.40. The molecule has 2 rings (SSSR count). The predicted octanol–water partition coefficient (Wildman–Crippen LogP) is 3.44. The van der Waals surface area contributed by atoms with Gasteiger partial charge in [-0.05, 0) is 35.8 Å². The lowest BCUT2D eigenvalue weighted by Gasteiger charge is -2.48. The van der Waals surface area contributed by atoms with Crippen LogP contribution in [0.5, 0.6) is 0 Å². The van der Waals surface area contributed by atoms with E-state index in [1.807, 2.05) is 0 Å². The Kier molecular flexibility index (Phi) is 3.07. The van der Waals surface area contributed by atoms with Crippen molar-refractivity contribution in [2.24, 2.45) is 11.7 Å². The van der Waals surface area contributed by atoms with Gasteiger partial charge in [0.25, 0.3) is 0 Å². The Bertz CT molecular complexity index is 348. The average molecular weight is 217 g/mol. The molecule has 1 heteroatoms. The van der Waals surface area contributed by atoms with Crippen molar-refractivity contribution in [1.82, 2.24) is 0 Å². The van der Waals surface area contributed by atoms with Crippen LogP contribution in [-0.2, 0) is 5.41 Å². The van der Waals surface area contributed by atoms with Crippen LogP contribution in [0.3, 0.4) is 0 Å². The molecule has 0 saturated heterocycles. The molecule has 1 aromatic carbocycles. The van der Waals surface area contributed by atoms with E-state index in [4.69, 9.17) is 5.73 Å². The third-order valence-electron chi connectivity index (χ3n) is 4.48. The zero-order valence-electron chi connectivity index (χ0n) is 10.7. The van der Waals surface area contributed by atoms with E-state index in [2.05, 4.69) is 45.0 Å². The van der Waals surface area contributed by atoms with Gasteiger partial charge in [-0.2, -0.15) is 0 Å². The topological polar surface area (TPSA) is 26.0 Å². The first-order valence-corrected chi connectivity index (χ1v) is 6.40. The molecule has 2 N–H and O–H groups in total. The first kappa shape index (κ1) is 11.7. The van der Waals surface area contributed by atoms with Crippen molar-refractivity contribution in [2.45, 2.75) is 44.9 Å². The van der Waals surface area contributed by atoms with Crippen molar-refractivity contribution >= 4 is 0 Å². The highest BCUT2D eigenvalue weighted by Crippen LogP contribution is 2.47. The summed E-state index contributed by atoms with van der Waals surface area (Å²) in [5, 5.41) is 0. The second-order valence-corrected chi connectivity index (χ2v) is 5.58. The molecule has 1 fully saturated rings. The Morgan fingerprint density at radius 2 is 1.94 bits per heavy atom. The van der Waals surface area contributed by atoms with Crippen molar-refractivity contribution < 1.29 is 0 Å². The standard InChI is InChI=1S/C15H23N/c1-11(2)13-4-6-14(7-5-13)15(10-16)9-8-12(15)3/h4-7,11-12H,8-10,16H2,1-3H3. The SMILES string of the molecule is CC(C)c1ccc(C2(CN)CCC2C)cc1. The van der Waals surface area contributed by atoms with Gasteiger partial charge in [-0.15, -0.1) is 0 Å². The maximum absolute atomic E-state index is 5.99. The number of nitrogens with two attached hydrogens (primary N) is 1. The molecule has 1 aliphatic carbocycles. The molecule has 16 heavy (non-hydrogen) atoms. The molecule has 1 aromatic rings. The Labute approximate surface area is 99.0 Å². The van der Waals surface area contributed by atoms with E-state index in [1.54, 1.807) is 0 Å². The van der Waals surface area contributed by atoms with Gasteiger partial charge in [0.05, 0.1) is 0 Å². The molecule has 1 saturated carbocycles.